The molecule has 4 nitrogen and oxygen atoms in total. The van der Waals surface area contributed by atoms with Crippen LogP contribution >= 0.6 is 0 Å². The summed E-state index contributed by atoms with van der Waals surface area (Å²) >= 11 is 0. The lowest BCUT2D eigenvalue weighted by Crippen LogP contribution is -2.05. The molecule has 0 unspecified atom stereocenters. The first-order valence-corrected chi connectivity index (χ1v) is 2.09. The van der Waals surface area contributed by atoms with E-state index in [-0.39, 0.29) is 6.61 Å². The van der Waals surface area contributed by atoms with Crippen molar-refractivity contribution >= 4 is 12.2 Å². The maximum absolute atomic E-state index is 10.2. The summed E-state index contributed by atoms with van der Waals surface area (Å²) in [7, 11) is 0. The highest BCUT2D eigenvalue weighted by molar-refractivity contribution is 6.20. The minimum absolute atomic E-state index is 0.106. The van der Waals surface area contributed by atoms with Crippen LogP contribution in [0, 0.1) is 12.3 Å². The fraction of sp³-hybridized carbons (Fsp3) is 0.200. The Hall–Kier alpha value is -1.59. The van der Waals surface area contributed by atoms with E-state index >= 15 is 0 Å². The lowest BCUT2D eigenvalue weighted by Gasteiger charge is -1.86. The van der Waals surface area contributed by atoms with Gasteiger partial charge in [0.05, 0.1) is 0 Å². The van der Waals surface area contributed by atoms with Crippen molar-refractivity contribution in [3.8, 4) is 12.3 Å². The van der Waals surface area contributed by atoms with E-state index in [4.69, 9.17) is 12.0 Å². The number of esters is 1. The number of rotatable bonds is 2. The van der Waals surface area contributed by atoms with Gasteiger partial charge in [0.25, 0.3) is 0 Å². The highest BCUT2D eigenvalue weighted by Gasteiger charge is 1.98. The lowest BCUT2D eigenvalue weighted by atomic mass is 10.7. The standard InChI is InChI=1S/C5H4N2O2/c1-2-3-9-5(8)4-7-6/h1,4H,3H2. The number of hydrogen-bond donors (Lipinski definition) is 0. The number of nitrogens with zero attached hydrogens (tertiary/aromatic N) is 2. The minimum Gasteiger partial charge on any atom is -0.444 e. The Kier molecular flexibility index (Phi) is 3.76. The number of terminal acetylenes is 1. The average molecular weight is 124 g/mol. The van der Waals surface area contributed by atoms with Crippen LogP contribution in [0.15, 0.2) is 0 Å². The van der Waals surface area contributed by atoms with Gasteiger partial charge in [0.1, 0.15) is 0 Å². The van der Waals surface area contributed by atoms with Gasteiger partial charge in [-0.2, -0.15) is 4.79 Å². The van der Waals surface area contributed by atoms with E-state index < -0.39 is 5.97 Å². The van der Waals surface area contributed by atoms with Crippen LogP contribution in [0.25, 0.3) is 5.53 Å². The Morgan fingerprint density at radius 2 is 2.67 bits per heavy atom. The molecular weight excluding hydrogens is 120 g/mol. The van der Waals surface area contributed by atoms with Crippen molar-refractivity contribution in [2.45, 2.75) is 0 Å². The van der Waals surface area contributed by atoms with Gasteiger partial charge in [0.15, 0.2) is 6.61 Å². The van der Waals surface area contributed by atoms with Crippen molar-refractivity contribution in [2.24, 2.45) is 0 Å². The van der Waals surface area contributed by atoms with Gasteiger partial charge in [-0.1, -0.05) is 5.92 Å². The second-order valence-electron chi connectivity index (χ2n) is 1.06. The van der Waals surface area contributed by atoms with E-state index in [1.807, 2.05) is 0 Å². The van der Waals surface area contributed by atoms with Crippen LogP contribution in [0.1, 0.15) is 0 Å². The molecule has 0 aliphatic heterocycles. The summed E-state index contributed by atoms with van der Waals surface area (Å²) in [5.74, 6) is 1.32. The van der Waals surface area contributed by atoms with Gasteiger partial charge in [-0.25, -0.2) is 4.79 Å². The van der Waals surface area contributed by atoms with Crippen LogP contribution in [-0.4, -0.2) is 23.6 Å². The molecule has 0 aliphatic rings. The summed E-state index contributed by atoms with van der Waals surface area (Å²) in [6.45, 7) is -0.106. The monoisotopic (exact) mass is 124 g/mol. The van der Waals surface area contributed by atoms with E-state index in [0.717, 1.165) is 0 Å². The molecule has 46 valence electrons. The minimum atomic E-state index is -0.754. The molecule has 4 heteroatoms. The molecule has 0 aromatic heterocycles. The third kappa shape index (κ3) is 4.26. The van der Waals surface area contributed by atoms with Gasteiger partial charge in [-0.3, -0.25) is 0 Å². The first-order chi connectivity index (χ1) is 4.31. The first kappa shape index (κ1) is 7.41. The van der Waals surface area contributed by atoms with Crippen LogP contribution in [0.5, 0.6) is 0 Å². The zero-order valence-electron chi connectivity index (χ0n) is 4.57. The number of ether oxygens (including phenoxy) is 1. The third-order valence-corrected chi connectivity index (χ3v) is 0.461. The van der Waals surface area contributed by atoms with Crippen molar-refractivity contribution in [1.82, 2.24) is 0 Å². The second kappa shape index (κ2) is 4.57. The molecule has 0 saturated carbocycles. The Morgan fingerprint density at radius 3 is 3.11 bits per heavy atom. The summed E-state index contributed by atoms with van der Waals surface area (Å²) in [5.41, 5.74) is 7.75. The van der Waals surface area contributed by atoms with Crippen LogP contribution in [-0.2, 0) is 9.53 Å². The van der Waals surface area contributed by atoms with Gasteiger partial charge in [0.2, 0.25) is 0 Å². The summed E-state index contributed by atoms with van der Waals surface area (Å²) in [5, 5.41) is 0. The summed E-state index contributed by atoms with van der Waals surface area (Å²) < 4.78 is 4.25. The SMILES string of the molecule is C#CCOC(=O)C=[N+]=[N-]. The summed E-state index contributed by atoms with van der Waals surface area (Å²) in [4.78, 5) is 12.6. The van der Waals surface area contributed by atoms with Gasteiger partial charge in [-0.05, 0) is 0 Å². The molecule has 0 amide bonds. The Morgan fingerprint density at radius 1 is 2.00 bits per heavy atom. The highest BCUT2D eigenvalue weighted by Crippen LogP contribution is 1.68. The van der Waals surface area contributed by atoms with E-state index in [2.05, 4.69) is 15.4 Å². The highest BCUT2D eigenvalue weighted by atomic mass is 16.5. The topological polar surface area (TPSA) is 62.7 Å². The predicted molar refractivity (Wildman–Crippen MR) is 29.5 cm³/mol. The zero-order valence-corrected chi connectivity index (χ0v) is 4.57. The lowest BCUT2D eigenvalue weighted by molar-refractivity contribution is -0.137. The molecule has 0 aromatic carbocycles. The maximum Gasteiger partial charge on any atom is 0.414 e. The molecule has 0 aromatic rings. The van der Waals surface area contributed by atoms with E-state index in [1.165, 1.54) is 0 Å². The van der Waals surface area contributed by atoms with Crippen molar-refractivity contribution in [3.05, 3.63) is 5.53 Å². The van der Waals surface area contributed by atoms with Crippen molar-refractivity contribution in [1.29, 1.82) is 0 Å². The number of hydrogen-bond acceptors (Lipinski definition) is 2. The molecule has 0 saturated heterocycles. The van der Waals surface area contributed by atoms with E-state index in [0.29, 0.717) is 6.21 Å². The predicted octanol–water partition coefficient (Wildman–Crippen LogP) is -0.537. The third-order valence-electron chi connectivity index (χ3n) is 0.461. The van der Waals surface area contributed by atoms with Gasteiger partial charge < -0.3 is 10.3 Å². The molecule has 0 N–H and O–H groups in total. The van der Waals surface area contributed by atoms with Crippen molar-refractivity contribution in [2.75, 3.05) is 6.61 Å². The average Bonchev–Trinajstić information content (AvgIpc) is 1.85. The molecule has 0 spiro atoms. The quantitative estimate of drug-likeness (QED) is 0.163. The Bertz CT molecular complexity index is 186. The van der Waals surface area contributed by atoms with Crippen LogP contribution < -0.4 is 0 Å². The number of carbonyl (C=O) groups is 1. The summed E-state index contributed by atoms with van der Waals surface area (Å²) in [6, 6.07) is 0. The van der Waals surface area contributed by atoms with E-state index in [1.54, 1.807) is 0 Å². The fourth-order valence-electron chi connectivity index (χ4n) is 0.197. The molecular formula is C5H4N2O2. The van der Waals surface area contributed by atoms with Gasteiger partial charge in [0, 0.05) is 0 Å². The molecule has 0 rings (SSSR count). The van der Waals surface area contributed by atoms with E-state index in [9.17, 15) is 4.79 Å². The molecule has 0 fully saturated rings. The zero-order chi connectivity index (χ0) is 7.11. The van der Waals surface area contributed by atoms with Crippen molar-refractivity contribution in [3.63, 3.8) is 0 Å². The second-order valence-corrected chi connectivity index (χ2v) is 1.06. The first-order valence-electron chi connectivity index (χ1n) is 2.09. The Balaban J connectivity index is 3.54. The van der Waals surface area contributed by atoms with Gasteiger partial charge in [-0.15, -0.1) is 6.42 Å². The smallest absolute Gasteiger partial charge is 0.414 e. The maximum atomic E-state index is 10.2. The fourth-order valence-corrected chi connectivity index (χ4v) is 0.197. The Labute approximate surface area is 52.1 Å². The molecule has 9 heavy (non-hydrogen) atoms. The van der Waals surface area contributed by atoms with Crippen LogP contribution in [0.3, 0.4) is 0 Å². The number of carbonyl (C=O) groups excluding carboxylic acids is 1. The normalized spacial score (nSPS) is 6.56. The van der Waals surface area contributed by atoms with Crippen molar-refractivity contribution < 1.29 is 14.3 Å². The molecule has 0 radical (unpaired) electrons. The molecule has 0 aliphatic carbocycles. The molecule has 0 heterocycles. The summed E-state index contributed by atoms with van der Waals surface area (Å²) in [6.07, 6.45) is 5.36. The van der Waals surface area contributed by atoms with Crippen LogP contribution in [0.4, 0.5) is 0 Å². The van der Waals surface area contributed by atoms with Gasteiger partial charge >= 0.3 is 12.2 Å². The largest absolute Gasteiger partial charge is 0.444 e. The molecule has 0 bridgehead atoms. The molecule has 0 atom stereocenters. The van der Waals surface area contributed by atoms with Crippen LogP contribution in [0.2, 0.25) is 0 Å².